The van der Waals surface area contributed by atoms with E-state index in [4.69, 9.17) is 11.6 Å². The van der Waals surface area contributed by atoms with Crippen molar-refractivity contribution in [3.8, 4) is 11.1 Å². The van der Waals surface area contributed by atoms with Crippen molar-refractivity contribution in [3.63, 3.8) is 0 Å². The highest BCUT2D eigenvalue weighted by Crippen LogP contribution is 2.28. The molecule has 2 N–H and O–H groups in total. The molecule has 2 aromatic carbocycles. The molecule has 5 heteroatoms. The third kappa shape index (κ3) is 3.12. The van der Waals surface area contributed by atoms with E-state index < -0.39 is 5.97 Å². The number of halogens is 1. The lowest BCUT2D eigenvalue weighted by Crippen LogP contribution is -2.25. The van der Waals surface area contributed by atoms with E-state index in [2.05, 4.69) is 5.32 Å². The second kappa shape index (κ2) is 5.81. The van der Waals surface area contributed by atoms with Crippen LogP contribution < -0.4 is 5.32 Å². The number of carbonyl (C=O) groups is 2. The van der Waals surface area contributed by atoms with Crippen LogP contribution in [-0.4, -0.2) is 23.0 Å². The predicted octanol–water partition coefficient (Wildman–Crippen LogP) is 3.60. The first-order valence-corrected chi connectivity index (χ1v) is 7.36. The van der Waals surface area contributed by atoms with Gasteiger partial charge in [0.05, 0.1) is 5.56 Å². The maximum Gasteiger partial charge on any atom is 0.336 e. The molecule has 0 aromatic heterocycles. The summed E-state index contributed by atoms with van der Waals surface area (Å²) in [6, 6.07) is 11.8. The Hall–Kier alpha value is -2.33. The third-order valence-corrected chi connectivity index (χ3v) is 3.80. The fraction of sp³-hybridized carbons (Fsp3) is 0.176. The van der Waals surface area contributed by atoms with Crippen LogP contribution >= 0.6 is 11.6 Å². The van der Waals surface area contributed by atoms with Gasteiger partial charge in [-0.15, -0.1) is 0 Å². The Morgan fingerprint density at radius 2 is 1.91 bits per heavy atom. The maximum absolute atomic E-state index is 12.1. The monoisotopic (exact) mass is 315 g/mol. The fourth-order valence-electron chi connectivity index (χ4n) is 2.27. The molecular formula is C17H14ClNO3. The number of carboxylic acids is 1. The van der Waals surface area contributed by atoms with Gasteiger partial charge in [-0.3, -0.25) is 4.79 Å². The Morgan fingerprint density at radius 1 is 1.14 bits per heavy atom. The lowest BCUT2D eigenvalue weighted by molar-refractivity contribution is 0.0697. The maximum atomic E-state index is 12.1. The molecule has 0 heterocycles. The van der Waals surface area contributed by atoms with Crippen molar-refractivity contribution in [1.82, 2.24) is 5.32 Å². The normalized spacial score (nSPS) is 13.7. The summed E-state index contributed by atoms with van der Waals surface area (Å²) in [6.45, 7) is 0. The lowest BCUT2D eigenvalue weighted by Gasteiger charge is -2.09. The first kappa shape index (κ1) is 14.6. The molecule has 1 aliphatic carbocycles. The van der Waals surface area contributed by atoms with Crippen LogP contribution in [0.2, 0.25) is 5.02 Å². The predicted molar refractivity (Wildman–Crippen MR) is 84.3 cm³/mol. The van der Waals surface area contributed by atoms with Gasteiger partial charge in [-0.1, -0.05) is 23.7 Å². The minimum Gasteiger partial charge on any atom is -0.478 e. The van der Waals surface area contributed by atoms with Gasteiger partial charge in [-0.2, -0.15) is 0 Å². The Kier molecular flexibility index (Phi) is 3.86. The van der Waals surface area contributed by atoms with E-state index in [0.717, 1.165) is 12.8 Å². The topological polar surface area (TPSA) is 66.4 Å². The van der Waals surface area contributed by atoms with E-state index in [1.54, 1.807) is 30.3 Å². The van der Waals surface area contributed by atoms with Crippen LogP contribution in [-0.2, 0) is 0 Å². The van der Waals surface area contributed by atoms with E-state index in [0.29, 0.717) is 21.7 Å². The van der Waals surface area contributed by atoms with Gasteiger partial charge in [0.25, 0.3) is 5.91 Å². The van der Waals surface area contributed by atoms with Gasteiger partial charge in [0.2, 0.25) is 0 Å². The molecule has 1 amide bonds. The largest absolute Gasteiger partial charge is 0.478 e. The highest BCUT2D eigenvalue weighted by atomic mass is 35.5. The summed E-state index contributed by atoms with van der Waals surface area (Å²) in [5.74, 6) is -1.16. The average molecular weight is 316 g/mol. The Labute approximate surface area is 132 Å². The molecule has 3 rings (SSSR count). The lowest BCUT2D eigenvalue weighted by atomic mass is 9.98. The highest BCUT2D eigenvalue weighted by Gasteiger charge is 2.24. The molecule has 1 aliphatic rings. The second-order valence-electron chi connectivity index (χ2n) is 5.32. The first-order chi connectivity index (χ1) is 10.5. The Balaban J connectivity index is 1.99. The van der Waals surface area contributed by atoms with Crippen LogP contribution in [0, 0.1) is 0 Å². The van der Waals surface area contributed by atoms with Crippen molar-refractivity contribution in [3.05, 3.63) is 58.6 Å². The number of aromatic carboxylic acids is 1. The van der Waals surface area contributed by atoms with Crippen LogP contribution in [0.15, 0.2) is 42.5 Å². The summed E-state index contributed by atoms with van der Waals surface area (Å²) >= 11 is 5.98. The van der Waals surface area contributed by atoms with Crippen LogP contribution in [0.4, 0.5) is 0 Å². The van der Waals surface area contributed by atoms with Crippen LogP contribution in [0.3, 0.4) is 0 Å². The van der Waals surface area contributed by atoms with Crippen molar-refractivity contribution in [1.29, 1.82) is 0 Å². The average Bonchev–Trinajstić information content (AvgIpc) is 3.31. The van der Waals surface area contributed by atoms with E-state index in [-0.39, 0.29) is 17.5 Å². The number of hydrogen-bond acceptors (Lipinski definition) is 2. The zero-order chi connectivity index (χ0) is 15.7. The van der Waals surface area contributed by atoms with E-state index in [9.17, 15) is 14.7 Å². The summed E-state index contributed by atoms with van der Waals surface area (Å²) in [7, 11) is 0. The van der Waals surface area contributed by atoms with Crippen LogP contribution in [0.5, 0.6) is 0 Å². The molecule has 1 saturated carbocycles. The molecule has 1 fully saturated rings. The molecule has 0 unspecified atom stereocenters. The third-order valence-electron chi connectivity index (χ3n) is 3.56. The molecule has 0 saturated heterocycles. The quantitative estimate of drug-likeness (QED) is 0.906. The van der Waals surface area contributed by atoms with Crippen molar-refractivity contribution in [2.75, 3.05) is 0 Å². The smallest absolute Gasteiger partial charge is 0.336 e. The minimum atomic E-state index is -1.03. The molecule has 0 bridgehead atoms. The molecule has 112 valence electrons. The zero-order valence-electron chi connectivity index (χ0n) is 11.7. The minimum absolute atomic E-state index is 0.136. The van der Waals surface area contributed by atoms with Crippen molar-refractivity contribution >= 4 is 23.5 Å². The summed E-state index contributed by atoms with van der Waals surface area (Å²) in [5, 5.41) is 12.7. The Morgan fingerprint density at radius 3 is 2.59 bits per heavy atom. The van der Waals surface area contributed by atoms with Gasteiger partial charge in [-0.25, -0.2) is 4.79 Å². The summed E-state index contributed by atoms with van der Waals surface area (Å²) in [5.41, 5.74) is 1.83. The van der Waals surface area contributed by atoms with E-state index in [1.807, 2.05) is 0 Å². The molecule has 4 nitrogen and oxygen atoms in total. The standard InChI is InChI=1S/C17H14ClNO3/c18-12-4-7-14(17(21)22)15(9-12)10-2-1-3-11(8-10)16(20)19-13-5-6-13/h1-4,7-9,13H,5-6H2,(H,19,20)(H,21,22). The van der Waals surface area contributed by atoms with E-state index >= 15 is 0 Å². The number of nitrogens with one attached hydrogen (secondary N) is 1. The number of carboxylic acid groups (broad SMARTS) is 1. The fourth-order valence-corrected chi connectivity index (χ4v) is 2.44. The van der Waals surface area contributed by atoms with Crippen LogP contribution in [0.1, 0.15) is 33.6 Å². The van der Waals surface area contributed by atoms with Gasteiger partial charge < -0.3 is 10.4 Å². The molecule has 0 radical (unpaired) electrons. The first-order valence-electron chi connectivity index (χ1n) is 6.99. The number of benzene rings is 2. The molecule has 0 spiro atoms. The number of hydrogen-bond donors (Lipinski definition) is 2. The molecule has 0 aliphatic heterocycles. The SMILES string of the molecule is O=C(NC1CC1)c1cccc(-c2cc(Cl)ccc2C(=O)O)c1. The number of carbonyl (C=O) groups excluding carboxylic acids is 1. The van der Waals surface area contributed by atoms with Gasteiger partial charge in [0, 0.05) is 16.6 Å². The summed E-state index contributed by atoms with van der Waals surface area (Å²) < 4.78 is 0. The molecule has 22 heavy (non-hydrogen) atoms. The molecule has 2 aromatic rings. The van der Waals surface area contributed by atoms with Gasteiger partial charge in [-0.05, 0) is 54.3 Å². The summed E-state index contributed by atoms with van der Waals surface area (Å²) in [6.07, 6.45) is 2.03. The van der Waals surface area contributed by atoms with Gasteiger partial charge in [0.15, 0.2) is 0 Å². The molecule has 0 atom stereocenters. The second-order valence-corrected chi connectivity index (χ2v) is 5.76. The van der Waals surface area contributed by atoms with Crippen molar-refractivity contribution in [2.45, 2.75) is 18.9 Å². The van der Waals surface area contributed by atoms with Crippen molar-refractivity contribution < 1.29 is 14.7 Å². The summed E-state index contributed by atoms with van der Waals surface area (Å²) in [4.78, 5) is 23.5. The van der Waals surface area contributed by atoms with Gasteiger partial charge >= 0.3 is 5.97 Å². The Bertz CT molecular complexity index is 753. The molecular weight excluding hydrogens is 302 g/mol. The number of amides is 1. The van der Waals surface area contributed by atoms with Crippen molar-refractivity contribution in [2.24, 2.45) is 0 Å². The van der Waals surface area contributed by atoms with E-state index in [1.165, 1.54) is 12.1 Å². The zero-order valence-corrected chi connectivity index (χ0v) is 12.4. The van der Waals surface area contributed by atoms with Gasteiger partial charge in [0.1, 0.15) is 0 Å². The van der Waals surface area contributed by atoms with Crippen LogP contribution in [0.25, 0.3) is 11.1 Å². The number of rotatable bonds is 4. The highest BCUT2D eigenvalue weighted by molar-refractivity contribution is 6.31.